The third-order valence-corrected chi connectivity index (χ3v) is 3.04. The first-order valence-corrected chi connectivity index (χ1v) is 5.90. The summed E-state index contributed by atoms with van der Waals surface area (Å²) in [6.07, 6.45) is 0. The summed E-state index contributed by atoms with van der Waals surface area (Å²) >= 11 is 0. The summed E-state index contributed by atoms with van der Waals surface area (Å²) in [6, 6.07) is 4.02. The van der Waals surface area contributed by atoms with E-state index in [9.17, 15) is 4.79 Å². The van der Waals surface area contributed by atoms with Crippen LogP contribution in [0.1, 0.15) is 36.5 Å². The van der Waals surface area contributed by atoms with Crippen LogP contribution in [0.25, 0.3) is 0 Å². The summed E-state index contributed by atoms with van der Waals surface area (Å²) in [7, 11) is 1.60. The highest BCUT2D eigenvalue weighted by Gasteiger charge is 2.10. The summed E-state index contributed by atoms with van der Waals surface area (Å²) in [5, 5.41) is 2.53. The summed E-state index contributed by atoms with van der Waals surface area (Å²) < 4.78 is 5.49. The van der Waals surface area contributed by atoms with Crippen molar-refractivity contribution in [3.8, 4) is 5.75 Å². The zero-order chi connectivity index (χ0) is 13.0. The molecule has 1 N–H and O–H groups in total. The first-order chi connectivity index (χ1) is 7.97. The Kier molecular flexibility index (Phi) is 4.55. The topological polar surface area (TPSA) is 38.3 Å². The highest BCUT2D eigenvalue weighted by molar-refractivity contribution is 5.77. The number of amides is 1. The maximum absolute atomic E-state index is 11.1. The van der Waals surface area contributed by atoms with Crippen LogP contribution in [0.2, 0.25) is 0 Å². The monoisotopic (exact) mass is 235 g/mol. The van der Waals surface area contributed by atoms with E-state index in [-0.39, 0.29) is 12.5 Å². The first kappa shape index (κ1) is 13.6. The van der Waals surface area contributed by atoms with E-state index in [4.69, 9.17) is 4.74 Å². The van der Waals surface area contributed by atoms with Gasteiger partial charge < -0.3 is 10.1 Å². The Morgan fingerprint density at radius 1 is 1.29 bits per heavy atom. The highest BCUT2D eigenvalue weighted by atomic mass is 16.5. The second-order valence-corrected chi connectivity index (χ2v) is 4.52. The van der Waals surface area contributed by atoms with Crippen molar-refractivity contribution in [2.24, 2.45) is 0 Å². The minimum absolute atomic E-state index is 0.0673. The molecule has 1 aromatic carbocycles. The molecule has 0 saturated heterocycles. The Morgan fingerprint density at radius 2 is 1.94 bits per heavy atom. The molecule has 1 amide bonds. The fraction of sp³-hybridized carbons (Fsp3) is 0.500. The Morgan fingerprint density at radius 3 is 2.47 bits per heavy atom. The summed E-state index contributed by atoms with van der Waals surface area (Å²) in [5.41, 5.74) is 3.68. The van der Waals surface area contributed by atoms with Crippen molar-refractivity contribution in [2.45, 2.75) is 33.6 Å². The molecule has 0 aliphatic heterocycles. The predicted octanol–water partition coefficient (Wildman–Crippen LogP) is 2.55. The van der Waals surface area contributed by atoms with E-state index in [1.54, 1.807) is 7.05 Å². The minimum Gasteiger partial charge on any atom is -0.483 e. The van der Waals surface area contributed by atoms with Crippen LogP contribution in [0.4, 0.5) is 0 Å². The van der Waals surface area contributed by atoms with Crippen LogP contribution in [-0.2, 0) is 4.79 Å². The van der Waals surface area contributed by atoms with E-state index in [0.717, 1.165) is 11.3 Å². The van der Waals surface area contributed by atoms with E-state index < -0.39 is 0 Å². The van der Waals surface area contributed by atoms with Gasteiger partial charge in [-0.25, -0.2) is 0 Å². The van der Waals surface area contributed by atoms with Crippen LogP contribution in [0.3, 0.4) is 0 Å². The molecule has 0 radical (unpaired) electrons. The third kappa shape index (κ3) is 3.22. The number of rotatable bonds is 4. The molecule has 0 saturated carbocycles. The molecule has 0 heterocycles. The molecule has 3 nitrogen and oxygen atoms in total. The highest BCUT2D eigenvalue weighted by Crippen LogP contribution is 2.28. The summed E-state index contributed by atoms with van der Waals surface area (Å²) in [6.45, 7) is 8.54. The lowest BCUT2D eigenvalue weighted by molar-refractivity contribution is -0.122. The molecular weight excluding hydrogens is 214 g/mol. The van der Waals surface area contributed by atoms with Crippen LogP contribution < -0.4 is 10.1 Å². The number of benzene rings is 1. The summed E-state index contributed by atoms with van der Waals surface area (Å²) in [5.74, 6) is 1.17. The predicted molar refractivity (Wildman–Crippen MR) is 69.6 cm³/mol. The van der Waals surface area contributed by atoms with Gasteiger partial charge in [0.2, 0.25) is 0 Å². The molecule has 94 valence electrons. The zero-order valence-electron chi connectivity index (χ0n) is 11.3. The lowest BCUT2D eigenvalue weighted by Crippen LogP contribution is -2.25. The average Bonchev–Trinajstić information content (AvgIpc) is 2.30. The van der Waals surface area contributed by atoms with Gasteiger partial charge in [0.15, 0.2) is 6.61 Å². The number of carbonyl (C=O) groups excluding carboxylic acids is 1. The maximum Gasteiger partial charge on any atom is 0.257 e. The number of hydrogen-bond acceptors (Lipinski definition) is 2. The molecule has 0 bridgehead atoms. The van der Waals surface area contributed by atoms with Gasteiger partial charge >= 0.3 is 0 Å². The second-order valence-electron chi connectivity index (χ2n) is 4.52. The molecule has 1 aromatic rings. The SMILES string of the molecule is CNC(=O)COc1ccc(C(C)C)c(C)c1C. The van der Waals surface area contributed by atoms with Crippen molar-refractivity contribution in [1.29, 1.82) is 0 Å². The van der Waals surface area contributed by atoms with Crippen molar-refractivity contribution < 1.29 is 9.53 Å². The van der Waals surface area contributed by atoms with Gasteiger partial charge in [0.1, 0.15) is 5.75 Å². The molecule has 17 heavy (non-hydrogen) atoms. The molecule has 0 fully saturated rings. The quantitative estimate of drug-likeness (QED) is 0.871. The van der Waals surface area contributed by atoms with Crippen LogP contribution in [0.5, 0.6) is 5.75 Å². The number of likely N-dealkylation sites (N-methyl/N-ethyl adjacent to an activating group) is 1. The van der Waals surface area contributed by atoms with Crippen molar-refractivity contribution in [3.63, 3.8) is 0 Å². The van der Waals surface area contributed by atoms with Gasteiger partial charge in [-0.15, -0.1) is 0 Å². The number of hydrogen-bond donors (Lipinski definition) is 1. The Hall–Kier alpha value is -1.51. The minimum atomic E-state index is -0.116. The largest absolute Gasteiger partial charge is 0.483 e. The lowest BCUT2D eigenvalue weighted by atomic mass is 9.94. The molecule has 0 unspecified atom stereocenters. The van der Waals surface area contributed by atoms with E-state index in [2.05, 4.69) is 32.2 Å². The standard InChI is InChI=1S/C14H21NO2/c1-9(2)12-6-7-13(11(4)10(12)3)17-8-14(16)15-5/h6-7,9H,8H2,1-5H3,(H,15,16). The molecule has 0 atom stereocenters. The van der Waals surface area contributed by atoms with Crippen molar-refractivity contribution in [3.05, 3.63) is 28.8 Å². The molecule has 1 rings (SSSR count). The average molecular weight is 235 g/mol. The van der Waals surface area contributed by atoms with Gasteiger partial charge in [-0.2, -0.15) is 0 Å². The third-order valence-electron chi connectivity index (χ3n) is 3.04. The van der Waals surface area contributed by atoms with Crippen molar-refractivity contribution >= 4 is 5.91 Å². The van der Waals surface area contributed by atoms with Crippen LogP contribution >= 0.6 is 0 Å². The van der Waals surface area contributed by atoms with E-state index in [1.807, 2.05) is 13.0 Å². The van der Waals surface area contributed by atoms with E-state index in [0.29, 0.717) is 5.92 Å². The van der Waals surface area contributed by atoms with E-state index >= 15 is 0 Å². The van der Waals surface area contributed by atoms with E-state index in [1.165, 1.54) is 11.1 Å². The number of ether oxygens (including phenoxy) is 1. The maximum atomic E-state index is 11.1. The first-order valence-electron chi connectivity index (χ1n) is 5.90. The Balaban J connectivity index is 2.89. The van der Waals surface area contributed by atoms with Gasteiger partial charge in [-0.05, 0) is 42.5 Å². The lowest BCUT2D eigenvalue weighted by Gasteiger charge is -2.16. The van der Waals surface area contributed by atoms with Crippen LogP contribution in [0, 0.1) is 13.8 Å². The fourth-order valence-corrected chi connectivity index (χ4v) is 1.81. The molecule has 0 aromatic heterocycles. The second kappa shape index (κ2) is 5.71. The van der Waals surface area contributed by atoms with Crippen LogP contribution in [-0.4, -0.2) is 19.6 Å². The van der Waals surface area contributed by atoms with Gasteiger partial charge in [0.05, 0.1) is 0 Å². The Labute approximate surface area is 103 Å². The molecule has 3 heteroatoms. The van der Waals surface area contributed by atoms with Gasteiger partial charge in [0, 0.05) is 7.05 Å². The fourth-order valence-electron chi connectivity index (χ4n) is 1.81. The normalized spacial score (nSPS) is 10.5. The number of nitrogens with one attached hydrogen (secondary N) is 1. The molecule has 0 spiro atoms. The van der Waals surface area contributed by atoms with Gasteiger partial charge in [-0.3, -0.25) is 4.79 Å². The summed E-state index contributed by atoms with van der Waals surface area (Å²) in [4.78, 5) is 11.1. The number of carbonyl (C=O) groups is 1. The smallest absolute Gasteiger partial charge is 0.257 e. The van der Waals surface area contributed by atoms with Crippen molar-refractivity contribution in [1.82, 2.24) is 5.32 Å². The Bertz CT molecular complexity index is 411. The van der Waals surface area contributed by atoms with Crippen LogP contribution in [0.15, 0.2) is 12.1 Å². The van der Waals surface area contributed by atoms with Gasteiger partial charge in [-0.1, -0.05) is 19.9 Å². The molecular formula is C14H21NO2. The van der Waals surface area contributed by atoms with Crippen molar-refractivity contribution in [2.75, 3.05) is 13.7 Å². The zero-order valence-corrected chi connectivity index (χ0v) is 11.3. The molecule has 0 aliphatic carbocycles. The molecule has 0 aliphatic rings. The van der Waals surface area contributed by atoms with Gasteiger partial charge in [0.25, 0.3) is 5.91 Å².